The number of carboxylic acid groups (broad SMARTS) is 2. The molecule has 8 heteroatoms. The van der Waals surface area contributed by atoms with E-state index in [-0.39, 0.29) is 11.1 Å². The summed E-state index contributed by atoms with van der Waals surface area (Å²) in [5.74, 6) is -1.91. The van der Waals surface area contributed by atoms with Gasteiger partial charge >= 0.3 is 11.9 Å². The van der Waals surface area contributed by atoms with Gasteiger partial charge in [-0.1, -0.05) is 6.07 Å². The van der Waals surface area contributed by atoms with Gasteiger partial charge in [0.05, 0.1) is 21.8 Å². The summed E-state index contributed by atoms with van der Waals surface area (Å²) in [6, 6.07) is 7.56. The van der Waals surface area contributed by atoms with Gasteiger partial charge < -0.3 is 15.9 Å². The molecule has 2 aromatic heterocycles. The van der Waals surface area contributed by atoms with Crippen molar-refractivity contribution in [3.8, 4) is 11.3 Å². The van der Waals surface area contributed by atoms with Crippen molar-refractivity contribution in [3.63, 3.8) is 0 Å². The predicted molar refractivity (Wildman–Crippen MR) is 92.9 cm³/mol. The zero-order chi connectivity index (χ0) is 18.0. The number of nitrogens with zero attached hydrogens (tertiary/aromatic N) is 2. The molecule has 0 unspecified atom stereocenters. The summed E-state index contributed by atoms with van der Waals surface area (Å²) in [6.07, 6.45) is 1.92. The molecule has 25 heavy (non-hydrogen) atoms. The SMILES string of the molecule is Nc1ccc(-c2csc(Cc3ccc(C(=O)O)cc3C(=O)O)n2)cn1. The quantitative estimate of drug-likeness (QED) is 0.642. The Morgan fingerprint density at radius 1 is 1.12 bits per heavy atom. The highest BCUT2D eigenvalue weighted by Crippen LogP contribution is 2.24. The maximum Gasteiger partial charge on any atom is 0.336 e. The lowest BCUT2D eigenvalue weighted by molar-refractivity contribution is 0.0695. The van der Waals surface area contributed by atoms with Crippen molar-refractivity contribution < 1.29 is 19.8 Å². The van der Waals surface area contributed by atoms with Gasteiger partial charge in [-0.15, -0.1) is 11.3 Å². The van der Waals surface area contributed by atoms with Crippen molar-refractivity contribution >= 4 is 29.1 Å². The number of hydrogen-bond acceptors (Lipinski definition) is 6. The largest absolute Gasteiger partial charge is 0.478 e. The number of nitrogen functional groups attached to an aromatic ring is 1. The van der Waals surface area contributed by atoms with E-state index in [1.807, 2.05) is 11.4 Å². The fourth-order valence-electron chi connectivity index (χ4n) is 2.31. The van der Waals surface area contributed by atoms with E-state index < -0.39 is 11.9 Å². The van der Waals surface area contributed by atoms with Crippen LogP contribution in [0, 0.1) is 0 Å². The molecule has 1 aromatic carbocycles. The number of rotatable bonds is 5. The number of carbonyl (C=O) groups is 2. The van der Waals surface area contributed by atoms with Crippen LogP contribution < -0.4 is 5.73 Å². The van der Waals surface area contributed by atoms with Gasteiger partial charge in [0, 0.05) is 23.6 Å². The number of benzene rings is 1. The Balaban J connectivity index is 1.89. The predicted octanol–water partition coefficient (Wildman–Crippen LogP) is 2.77. The Bertz CT molecular complexity index is 951. The highest BCUT2D eigenvalue weighted by Gasteiger charge is 2.15. The lowest BCUT2D eigenvalue weighted by Gasteiger charge is -2.05. The molecule has 0 saturated carbocycles. The Kier molecular flexibility index (Phi) is 4.44. The van der Waals surface area contributed by atoms with E-state index in [1.165, 1.54) is 29.5 Å². The Labute approximate surface area is 146 Å². The fraction of sp³-hybridized carbons (Fsp3) is 0.0588. The monoisotopic (exact) mass is 355 g/mol. The number of pyridine rings is 1. The number of hydrogen-bond donors (Lipinski definition) is 3. The Morgan fingerprint density at radius 2 is 1.92 bits per heavy atom. The van der Waals surface area contributed by atoms with E-state index in [0.29, 0.717) is 17.8 Å². The topological polar surface area (TPSA) is 126 Å². The number of aromatic nitrogens is 2. The molecule has 4 N–H and O–H groups in total. The van der Waals surface area contributed by atoms with Crippen LogP contribution in [0.2, 0.25) is 0 Å². The molecule has 0 aliphatic rings. The molecule has 7 nitrogen and oxygen atoms in total. The number of aromatic carboxylic acids is 2. The molecular formula is C17H13N3O4S. The third kappa shape index (κ3) is 3.64. The second-order valence-electron chi connectivity index (χ2n) is 5.26. The second-order valence-corrected chi connectivity index (χ2v) is 6.20. The Morgan fingerprint density at radius 3 is 2.56 bits per heavy atom. The first kappa shape index (κ1) is 16.6. The van der Waals surface area contributed by atoms with E-state index in [4.69, 9.17) is 10.8 Å². The normalized spacial score (nSPS) is 10.6. The van der Waals surface area contributed by atoms with E-state index in [2.05, 4.69) is 9.97 Å². The van der Waals surface area contributed by atoms with Gasteiger partial charge in [-0.2, -0.15) is 0 Å². The summed E-state index contributed by atoms with van der Waals surface area (Å²) in [4.78, 5) is 30.9. The lowest BCUT2D eigenvalue weighted by Crippen LogP contribution is -2.06. The smallest absolute Gasteiger partial charge is 0.336 e. The molecule has 0 atom stereocenters. The maximum absolute atomic E-state index is 11.4. The molecule has 0 aliphatic heterocycles. The van der Waals surface area contributed by atoms with E-state index in [0.717, 1.165) is 16.3 Å². The van der Waals surface area contributed by atoms with E-state index in [1.54, 1.807) is 12.3 Å². The summed E-state index contributed by atoms with van der Waals surface area (Å²) in [5.41, 5.74) is 7.52. The van der Waals surface area contributed by atoms with Gasteiger partial charge in [-0.05, 0) is 29.8 Å². The van der Waals surface area contributed by atoms with Crippen LogP contribution in [0.1, 0.15) is 31.3 Å². The minimum Gasteiger partial charge on any atom is -0.478 e. The molecule has 0 bridgehead atoms. The summed E-state index contributed by atoms with van der Waals surface area (Å²) in [7, 11) is 0. The third-order valence-electron chi connectivity index (χ3n) is 3.56. The molecule has 0 amide bonds. The highest BCUT2D eigenvalue weighted by atomic mass is 32.1. The van der Waals surface area contributed by atoms with Crippen LogP contribution in [0.15, 0.2) is 41.9 Å². The maximum atomic E-state index is 11.4. The summed E-state index contributed by atoms with van der Waals surface area (Å²) in [6.45, 7) is 0. The molecule has 3 rings (SSSR count). The van der Waals surface area contributed by atoms with Crippen molar-refractivity contribution in [2.75, 3.05) is 5.73 Å². The summed E-state index contributed by atoms with van der Waals surface area (Å²) in [5, 5.41) is 20.9. The molecule has 0 radical (unpaired) electrons. The second kappa shape index (κ2) is 6.70. The van der Waals surface area contributed by atoms with Crippen LogP contribution in [-0.2, 0) is 6.42 Å². The van der Waals surface area contributed by atoms with Crippen molar-refractivity contribution in [2.45, 2.75) is 6.42 Å². The van der Waals surface area contributed by atoms with Gasteiger partial charge in [0.1, 0.15) is 5.82 Å². The molecule has 0 aliphatic carbocycles. The molecule has 0 fully saturated rings. The summed E-state index contributed by atoms with van der Waals surface area (Å²) >= 11 is 1.39. The lowest BCUT2D eigenvalue weighted by atomic mass is 10.0. The van der Waals surface area contributed by atoms with Crippen molar-refractivity contribution in [1.82, 2.24) is 9.97 Å². The molecule has 126 valence electrons. The van der Waals surface area contributed by atoms with Crippen LogP contribution in [0.3, 0.4) is 0 Å². The van der Waals surface area contributed by atoms with Crippen LogP contribution in [0.5, 0.6) is 0 Å². The van der Waals surface area contributed by atoms with E-state index in [9.17, 15) is 14.7 Å². The van der Waals surface area contributed by atoms with Gasteiger partial charge in [0.25, 0.3) is 0 Å². The van der Waals surface area contributed by atoms with E-state index >= 15 is 0 Å². The van der Waals surface area contributed by atoms with Gasteiger partial charge in [-0.3, -0.25) is 0 Å². The fourth-order valence-corrected chi connectivity index (χ4v) is 3.13. The number of carboxylic acids is 2. The first-order valence-electron chi connectivity index (χ1n) is 7.20. The molecule has 0 spiro atoms. The Hall–Kier alpha value is -3.26. The zero-order valence-corrected chi connectivity index (χ0v) is 13.7. The minimum absolute atomic E-state index is 0.0363. The molecular weight excluding hydrogens is 342 g/mol. The standard InChI is InChI=1S/C17H13N3O4S/c18-14-4-3-11(7-19-14)13-8-25-15(20-13)6-9-1-2-10(16(21)22)5-12(9)17(23)24/h1-5,7-8H,6H2,(H2,18,19)(H,21,22)(H,23,24). The van der Waals surface area contributed by atoms with Crippen molar-refractivity contribution in [2.24, 2.45) is 0 Å². The highest BCUT2D eigenvalue weighted by molar-refractivity contribution is 7.10. The van der Waals surface area contributed by atoms with Gasteiger partial charge in [-0.25, -0.2) is 19.6 Å². The van der Waals surface area contributed by atoms with Crippen LogP contribution in [0.25, 0.3) is 11.3 Å². The third-order valence-corrected chi connectivity index (χ3v) is 4.41. The number of nitrogens with two attached hydrogens (primary N) is 1. The average Bonchev–Trinajstić information content (AvgIpc) is 3.04. The van der Waals surface area contributed by atoms with Crippen molar-refractivity contribution in [1.29, 1.82) is 0 Å². The van der Waals surface area contributed by atoms with Crippen LogP contribution in [-0.4, -0.2) is 32.1 Å². The minimum atomic E-state index is -1.17. The molecule has 3 aromatic rings. The number of anilines is 1. The number of thiazole rings is 1. The molecule has 0 saturated heterocycles. The van der Waals surface area contributed by atoms with Gasteiger partial charge in [0.2, 0.25) is 0 Å². The average molecular weight is 355 g/mol. The first-order chi connectivity index (χ1) is 11.9. The summed E-state index contributed by atoms with van der Waals surface area (Å²) < 4.78 is 0. The van der Waals surface area contributed by atoms with Crippen LogP contribution in [0.4, 0.5) is 5.82 Å². The first-order valence-corrected chi connectivity index (χ1v) is 8.08. The van der Waals surface area contributed by atoms with Crippen molar-refractivity contribution in [3.05, 3.63) is 63.6 Å². The molecule has 2 heterocycles. The van der Waals surface area contributed by atoms with Crippen LogP contribution >= 0.6 is 11.3 Å². The zero-order valence-electron chi connectivity index (χ0n) is 12.8. The van der Waals surface area contributed by atoms with Gasteiger partial charge in [0.15, 0.2) is 0 Å².